The Morgan fingerprint density at radius 3 is 2.48 bits per heavy atom. The Balaban J connectivity index is 2.62. The molecule has 128 valence electrons. The molecule has 0 saturated heterocycles. The fraction of sp³-hybridized carbons (Fsp3) is 0.667. The van der Waals surface area contributed by atoms with E-state index in [-0.39, 0.29) is 23.3 Å². The lowest BCUT2D eigenvalue weighted by molar-refractivity contribution is -0.127. The summed E-state index contributed by atoms with van der Waals surface area (Å²) < 4.78 is 0. The Labute approximate surface area is 136 Å². The number of tetrazole rings is 1. The van der Waals surface area contributed by atoms with Crippen LogP contribution < -0.4 is 5.32 Å². The number of hydrogen-bond acceptors (Lipinski definition) is 5. The molecular weight excluding hydrogens is 296 g/mol. The molecule has 0 aliphatic carbocycles. The smallest absolute Gasteiger partial charge is 0.292 e. The number of amides is 2. The SMILES string of the molecule is C/C=C(\C)C(=O)N(C)[C@H](C)CNC(=O)c1nnn(C(C)(C)C)n1. The van der Waals surface area contributed by atoms with Crippen LogP contribution in [-0.4, -0.2) is 56.6 Å². The zero-order valence-electron chi connectivity index (χ0n) is 14.9. The van der Waals surface area contributed by atoms with E-state index in [0.717, 1.165) is 0 Å². The fourth-order valence-corrected chi connectivity index (χ4v) is 1.65. The number of carbonyl (C=O) groups excluding carboxylic acids is 2. The Bertz CT molecular complexity index is 599. The normalized spacial score (nSPS) is 13.6. The Kier molecular flexibility index (Phi) is 6.00. The lowest BCUT2D eigenvalue weighted by Gasteiger charge is -2.25. The molecule has 8 heteroatoms. The van der Waals surface area contributed by atoms with Crippen molar-refractivity contribution in [1.82, 2.24) is 30.4 Å². The highest BCUT2D eigenvalue weighted by Gasteiger charge is 2.22. The first-order valence-corrected chi connectivity index (χ1v) is 7.56. The number of allylic oxidation sites excluding steroid dienone is 1. The fourth-order valence-electron chi connectivity index (χ4n) is 1.65. The highest BCUT2D eigenvalue weighted by atomic mass is 16.2. The maximum Gasteiger partial charge on any atom is 0.292 e. The van der Waals surface area contributed by atoms with Crippen LogP contribution in [0.1, 0.15) is 52.2 Å². The predicted molar refractivity (Wildman–Crippen MR) is 86.8 cm³/mol. The summed E-state index contributed by atoms with van der Waals surface area (Å²) in [4.78, 5) is 27.1. The summed E-state index contributed by atoms with van der Waals surface area (Å²) in [5.41, 5.74) is 0.329. The third-order valence-electron chi connectivity index (χ3n) is 3.53. The summed E-state index contributed by atoms with van der Waals surface area (Å²) in [7, 11) is 1.71. The number of hydrogen-bond donors (Lipinski definition) is 1. The van der Waals surface area contributed by atoms with Gasteiger partial charge in [0.15, 0.2) is 0 Å². The van der Waals surface area contributed by atoms with Crippen molar-refractivity contribution in [2.24, 2.45) is 0 Å². The molecule has 0 aliphatic heterocycles. The van der Waals surface area contributed by atoms with E-state index in [1.165, 1.54) is 4.80 Å². The summed E-state index contributed by atoms with van der Waals surface area (Å²) in [6.45, 7) is 11.5. The molecule has 0 bridgehead atoms. The second-order valence-electron chi connectivity index (χ2n) is 6.52. The summed E-state index contributed by atoms with van der Waals surface area (Å²) >= 11 is 0. The summed E-state index contributed by atoms with van der Waals surface area (Å²) in [6, 6.07) is -0.154. The lowest BCUT2D eigenvalue weighted by Crippen LogP contribution is -2.43. The van der Waals surface area contributed by atoms with Gasteiger partial charge in [0, 0.05) is 25.2 Å². The minimum Gasteiger partial charge on any atom is -0.347 e. The first kappa shape index (κ1) is 18.8. The van der Waals surface area contributed by atoms with Crippen molar-refractivity contribution in [3.8, 4) is 0 Å². The maximum atomic E-state index is 12.1. The molecule has 2 amide bonds. The first-order chi connectivity index (χ1) is 10.6. The largest absolute Gasteiger partial charge is 0.347 e. The molecule has 0 spiro atoms. The second kappa shape index (κ2) is 7.34. The van der Waals surface area contributed by atoms with Gasteiger partial charge in [-0.25, -0.2) is 0 Å². The lowest BCUT2D eigenvalue weighted by atomic mass is 10.1. The average molecular weight is 322 g/mol. The van der Waals surface area contributed by atoms with E-state index in [1.807, 2.05) is 34.6 Å². The van der Waals surface area contributed by atoms with Crippen molar-refractivity contribution in [1.29, 1.82) is 0 Å². The van der Waals surface area contributed by atoms with Gasteiger partial charge in [-0.05, 0) is 46.8 Å². The highest BCUT2D eigenvalue weighted by molar-refractivity contribution is 5.93. The minimum atomic E-state index is -0.407. The molecule has 1 N–H and O–H groups in total. The van der Waals surface area contributed by atoms with Gasteiger partial charge < -0.3 is 10.2 Å². The minimum absolute atomic E-state index is 0.0192. The van der Waals surface area contributed by atoms with Crippen LogP contribution in [0.25, 0.3) is 0 Å². The molecule has 1 aromatic rings. The molecule has 0 fully saturated rings. The third-order valence-corrected chi connectivity index (χ3v) is 3.53. The third kappa shape index (κ3) is 4.87. The highest BCUT2D eigenvalue weighted by Crippen LogP contribution is 2.09. The van der Waals surface area contributed by atoms with Crippen LogP contribution in [0.5, 0.6) is 0 Å². The van der Waals surface area contributed by atoms with Crippen LogP contribution in [0, 0.1) is 0 Å². The van der Waals surface area contributed by atoms with Crippen LogP contribution >= 0.6 is 0 Å². The Morgan fingerprint density at radius 2 is 2.00 bits per heavy atom. The Morgan fingerprint density at radius 1 is 1.39 bits per heavy atom. The Hall–Kier alpha value is -2.25. The van der Waals surface area contributed by atoms with Crippen molar-refractivity contribution in [2.75, 3.05) is 13.6 Å². The second-order valence-corrected chi connectivity index (χ2v) is 6.52. The van der Waals surface area contributed by atoms with Gasteiger partial charge in [0.1, 0.15) is 0 Å². The van der Waals surface area contributed by atoms with Gasteiger partial charge in [0.05, 0.1) is 5.54 Å². The van der Waals surface area contributed by atoms with E-state index in [2.05, 4.69) is 20.7 Å². The molecule has 0 aromatic carbocycles. The molecule has 1 heterocycles. The van der Waals surface area contributed by atoms with Gasteiger partial charge in [-0.1, -0.05) is 6.08 Å². The van der Waals surface area contributed by atoms with Crippen LogP contribution in [0.15, 0.2) is 11.6 Å². The van der Waals surface area contributed by atoms with Crippen molar-refractivity contribution >= 4 is 11.8 Å². The van der Waals surface area contributed by atoms with Crippen LogP contribution in [-0.2, 0) is 10.3 Å². The monoisotopic (exact) mass is 322 g/mol. The van der Waals surface area contributed by atoms with Gasteiger partial charge in [0.25, 0.3) is 11.7 Å². The van der Waals surface area contributed by atoms with E-state index in [4.69, 9.17) is 0 Å². The number of carbonyl (C=O) groups is 2. The number of rotatable bonds is 5. The molecule has 8 nitrogen and oxygen atoms in total. The summed E-state index contributed by atoms with van der Waals surface area (Å²) in [6.07, 6.45) is 1.76. The molecule has 0 unspecified atom stereocenters. The maximum absolute atomic E-state index is 12.1. The van der Waals surface area contributed by atoms with Crippen molar-refractivity contribution < 1.29 is 9.59 Å². The number of likely N-dealkylation sites (N-methyl/N-ethyl adjacent to an activating group) is 1. The van der Waals surface area contributed by atoms with Crippen molar-refractivity contribution in [2.45, 2.75) is 53.1 Å². The van der Waals surface area contributed by atoms with Crippen molar-refractivity contribution in [3.05, 3.63) is 17.5 Å². The van der Waals surface area contributed by atoms with E-state index < -0.39 is 5.91 Å². The quantitative estimate of drug-likeness (QED) is 0.815. The van der Waals surface area contributed by atoms with E-state index >= 15 is 0 Å². The molecule has 23 heavy (non-hydrogen) atoms. The molecule has 0 saturated carbocycles. The molecule has 1 atom stereocenters. The molecular formula is C15H26N6O2. The molecule has 1 aromatic heterocycles. The van der Waals surface area contributed by atoms with Gasteiger partial charge in [-0.3, -0.25) is 9.59 Å². The van der Waals surface area contributed by atoms with Gasteiger partial charge in [-0.2, -0.15) is 4.80 Å². The van der Waals surface area contributed by atoms with Gasteiger partial charge >= 0.3 is 0 Å². The number of aromatic nitrogens is 4. The van der Waals surface area contributed by atoms with Gasteiger partial charge in [0.2, 0.25) is 5.91 Å². The first-order valence-electron chi connectivity index (χ1n) is 7.56. The van der Waals surface area contributed by atoms with Crippen LogP contribution in [0.4, 0.5) is 0 Å². The molecule has 0 radical (unpaired) electrons. The van der Waals surface area contributed by atoms with Crippen LogP contribution in [0.2, 0.25) is 0 Å². The predicted octanol–water partition coefficient (Wildman–Crippen LogP) is 0.971. The van der Waals surface area contributed by atoms with Crippen molar-refractivity contribution in [3.63, 3.8) is 0 Å². The zero-order valence-corrected chi connectivity index (χ0v) is 14.9. The number of nitrogens with zero attached hydrogens (tertiary/aromatic N) is 5. The average Bonchev–Trinajstić information content (AvgIpc) is 3.00. The zero-order chi connectivity index (χ0) is 17.8. The summed E-state index contributed by atoms with van der Waals surface area (Å²) in [5.74, 6) is -0.451. The van der Waals surface area contributed by atoms with E-state index in [9.17, 15) is 9.59 Å². The number of nitrogens with one attached hydrogen (secondary N) is 1. The van der Waals surface area contributed by atoms with Crippen LogP contribution in [0.3, 0.4) is 0 Å². The van der Waals surface area contributed by atoms with Gasteiger partial charge in [-0.15, -0.1) is 10.2 Å². The summed E-state index contributed by atoms with van der Waals surface area (Å²) in [5, 5.41) is 14.4. The van der Waals surface area contributed by atoms with E-state index in [1.54, 1.807) is 24.9 Å². The molecule has 1 rings (SSSR count). The molecule has 0 aliphatic rings. The topological polar surface area (TPSA) is 93.0 Å². The standard InChI is InChI=1S/C15H26N6O2/c1-8-10(2)14(23)20(7)11(3)9-16-13(22)12-17-19-21(18-12)15(4,5)6/h8,11H,9H2,1-7H3,(H,16,22)/b10-8+/t11-/m1/s1. The van der Waals surface area contributed by atoms with E-state index in [0.29, 0.717) is 12.1 Å².